The van der Waals surface area contributed by atoms with Crippen LogP contribution in [0.15, 0.2) is 30.3 Å². The fourth-order valence-corrected chi connectivity index (χ4v) is 4.02. The number of methoxy groups -OCH3 is 1. The molecule has 0 aliphatic carbocycles. The van der Waals surface area contributed by atoms with Crippen molar-refractivity contribution >= 4 is 16.0 Å². The average molecular weight is 329 g/mol. The molecule has 0 amide bonds. The summed E-state index contributed by atoms with van der Waals surface area (Å²) in [6, 6.07) is 9.01. The number of nitrogens with zero attached hydrogens (tertiary/aromatic N) is 1. The topological polar surface area (TPSA) is 83.9 Å². The third-order valence-corrected chi connectivity index (χ3v) is 5.32. The van der Waals surface area contributed by atoms with Crippen LogP contribution in [0.5, 0.6) is 0 Å². The van der Waals surface area contributed by atoms with Crippen LogP contribution in [0.4, 0.5) is 0 Å². The first-order valence-electron chi connectivity index (χ1n) is 7.04. The van der Waals surface area contributed by atoms with Gasteiger partial charge in [0.05, 0.1) is 11.9 Å². The molecule has 124 valence electrons. The Hall–Kier alpha value is -1.44. The van der Waals surface area contributed by atoms with Gasteiger partial charge in [0.1, 0.15) is 6.54 Å². The fraction of sp³-hybridized carbons (Fsp3) is 0.533. The van der Waals surface area contributed by atoms with Gasteiger partial charge in [0, 0.05) is 13.2 Å². The quantitative estimate of drug-likeness (QED) is 0.740. The van der Waals surface area contributed by atoms with E-state index in [0.29, 0.717) is 6.42 Å². The molecule has 0 fully saturated rings. The summed E-state index contributed by atoms with van der Waals surface area (Å²) in [7, 11) is -2.26. The lowest BCUT2D eigenvalue weighted by Crippen LogP contribution is -2.44. The van der Waals surface area contributed by atoms with Gasteiger partial charge < -0.3 is 9.84 Å². The second-order valence-electron chi connectivity index (χ2n) is 5.36. The molecule has 1 aromatic rings. The highest BCUT2D eigenvalue weighted by atomic mass is 32.2. The van der Waals surface area contributed by atoms with Crippen LogP contribution < -0.4 is 0 Å². The molecular weight excluding hydrogens is 306 g/mol. The fourth-order valence-electron chi connectivity index (χ4n) is 2.15. The van der Waals surface area contributed by atoms with Crippen molar-refractivity contribution in [1.29, 1.82) is 0 Å². The molecule has 0 radical (unpaired) electrons. The first-order valence-corrected chi connectivity index (χ1v) is 8.65. The van der Waals surface area contributed by atoms with Crippen molar-refractivity contribution in [2.45, 2.75) is 32.4 Å². The maximum Gasteiger partial charge on any atom is 0.318 e. The van der Waals surface area contributed by atoms with Crippen LogP contribution in [0.1, 0.15) is 19.4 Å². The molecule has 22 heavy (non-hydrogen) atoms. The number of aliphatic carboxylic acids is 1. The molecule has 0 aliphatic heterocycles. The average Bonchev–Trinajstić information content (AvgIpc) is 2.44. The Balaban J connectivity index is 2.84. The third kappa shape index (κ3) is 5.75. The molecule has 0 saturated heterocycles. The molecule has 0 spiro atoms. The number of carbonyl (C=O) groups is 1. The van der Waals surface area contributed by atoms with Gasteiger partial charge in [0.15, 0.2) is 0 Å². The normalized spacial score (nSPS) is 13.5. The van der Waals surface area contributed by atoms with Crippen LogP contribution in [0.2, 0.25) is 0 Å². The van der Waals surface area contributed by atoms with Crippen LogP contribution in [0.3, 0.4) is 0 Å². The smallest absolute Gasteiger partial charge is 0.318 e. The molecule has 0 heterocycles. The van der Waals surface area contributed by atoms with E-state index in [1.54, 1.807) is 13.8 Å². The van der Waals surface area contributed by atoms with Gasteiger partial charge in [0.25, 0.3) is 0 Å². The summed E-state index contributed by atoms with van der Waals surface area (Å²) in [4.78, 5) is 10.9. The number of ether oxygens (including phenoxy) is 1. The van der Waals surface area contributed by atoms with Gasteiger partial charge in [-0.25, -0.2) is 8.42 Å². The number of benzene rings is 1. The molecular formula is C15H23NO5S. The third-order valence-electron chi connectivity index (χ3n) is 3.26. The molecule has 0 saturated carbocycles. The van der Waals surface area contributed by atoms with Crippen molar-refractivity contribution in [3.63, 3.8) is 0 Å². The van der Waals surface area contributed by atoms with E-state index in [1.807, 2.05) is 30.3 Å². The van der Waals surface area contributed by atoms with Crippen molar-refractivity contribution in [3.05, 3.63) is 35.9 Å². The molecule has 7 heteroatoms. The van der Waals surface area contributed by atoms with Crippen LogP contribution in [-0.2, 0) is 26.0 Å². The highest BCUT2D eigenvalue weighted by Gasteiger charge is 2.30. The zero-order valence-corrected chi connectivity index (χ0v) is 13.9. The highest BCUT2D eigenvalue weighted by Crippen LogP contribution is 2.13. The molecule has 1 aromatic carbocycles. The summed E-state index contributed by atoms with van der Waals surface area (Å²) in [5.41, 5.74) is 0.971. The second-order valence-corrected chi connectivity index (χ2v) is 7.32. The Morgan fingerprint density at radius 3 is 2.32 bits per heavy atom. The van der Waals surface area contributed by atoms with E-state index in [4.69, 9.17) is 9.84 Å². The van der Waals surface area contributed by atoms with E-state index >= 15 is 0 Å². The Morgan fingerprint density at radius 1 is 1.27 bits per heavy atom. The molecule has 6 nitrogen and oxygen atoms in total. The van der Waals surface area contributed by atoms with Gasteiger partial charge in [-0.05, 0) is 25.8 Å². The van der Waals surface area contributed by atoms with Crippen molar-refractivity contribution in [1.82, 2.24) is 4.31 Å². The van der Waals surface area contributed by atoms with Crippen molar-refractivity contribution < 1.29 is 23.1 Å². The molecule has 1 rings (SSSR count). The highest BCUT2D eigenvalue weighted by molar-refractivity contribution is 7.89. The molecule has 1 N–H and O–H groups in total. The van der Waals surface area contributed by atoms with Crippen molar-refractivity contribution in [3.8, 4) is 0 Å². The monoisotopic (exact) mass is 329 g/mol. The van der Waals surface area contributed by atoms with Gasteiger partial charge in [-0.1, -0.05) is 30.3 Å². The number of hydrogen-bond acceptors (Lipinski definition) is 4. The number of carboxylic acids is 1. The van der Waals surface area contributed by atoms with Crippen LogP contribution in [0.25, 0.3) is 0 Å². The lowest BCUT2D eigenvalue weighted by atomic mass is 10.1. The lowest BCUT2D eigenvalue weighted by molar-refractivity contribution is -0.137. The van der Waals surface area contributed by atoms with E-state index < -0.39 is 34.7 Å². The summed E-state index contributed by atoms with van der Waals surface area (Å²) in [5, 5.41) is 8.89. The minimum Gasteiger partial charge on any atom is -0.480 e. The molecule has 0 aliphatic rings. The Labute approximate surface area is 131 Å². The molecule has 0 bridgehead atoms. The minimum absolute atomic E-state index is 0.246. The molecule has 0 aromatic heterocycles. The Kier molecular flexibility index (Phi) is 6.99. The summed E-state index contributed by atoms with van der Waals surface area (Å²) >= 11 is 0. The van der Waals surface area contributed by atoms with Gasteiger partial charge >= 0.3 is 5.97 Å². The minimum atomic E-state index is -3.72. The first-order chi connectivity index (χ1) is 10.3. The number of carboxylic acid groups (broad SMARTS) is 1. The van der Waals surface area contributed by atoms with Crippen LogP contribution >= 0.6 is 0 Å². The van der Waals surface area contributed by atoms with Crippen LogP contribution in [-0.4, -0.2) is 55.4 Å². The van der Waals surface area contributed by atoms with Crippen LogP contribution in [0, 0.1) is 0 Å². The van der Waals surface area contributed by atoms with Gasteiger partial charge in [-0.2, -0.15) is 4.31 Å². The number of rotatable bonds is 9. The zero-order valence-electron chi connectivity index (χ0n) is 13.1. The van der Waals surface area contributed by atoms with Gasteiger partial charge in [-0.15, -0.1) is 0 Å². The van der Waals surface area contributed by atoms with Crippen molar-refractivity contribution in [2.24, 2.45) is 0 Å². The summed E-state index contributed by atoms with van der Waals surface area (Å²) < 4.78 is 31.2. The van der Waals surface area contributed by atoms with E-state index in [0.717, 1.165) is 9.87 Å². The standard InChI is InChI=1S/C15H23NO5S/c1-12(2)16(10-15(17)18)22(19,20)11-14(21-3)9-13-7-5-4-6-8-13/h4-8,12,14H,9-11H2,1-3H3,(H,17,18). The maximum absolute atomic E-state index is 12.4. The lowest BCUT2D eigenvalue weighted by Gasteiger charge is -2.26. The summed E-state index contributed by atoms with van der Waals surface area (Å²) in [5.74, 6) is -1.42. The SMILES string of the molecule is COC(Cc1ccccc1)CS(=O)(=O)N(CC(=O)O)C(C)C. The van der Waals surface area contributed by atoms with E-state index in [9.17, 15) is 13.2 Å². The maximum atomic E-state index is 12.4. The second kappa shape index (κ2) is 8.26. The van der Waals surface area contributed by atoms with Gasteiger partial charge in [-0.3, -0.25) is 4.79 Å². The van der Waals surface area contributed by atoms with E-state index in [-0.39, 0.29) is 5.75 Å². The predicted octanol–water partition coefficient (Wildman–Crippen LogP) is 1.37. The van der Waals surface area contributed by atoms with E-state index in [2.05, 4.69) is 0 Å². The molecule has 1 atom stereocenters. The largest absolute Gasteiger partial charge is 0.480 e. The summed E-state index contributed by atoms with van der Waals surface area (Å²) in [6.45, 7) is 2.76. The van der Waals surface area contributed by atoms with Crippen molar-refractivity contribution in [2.75, 3.05) is 19.4 Å². The first kappa shape index (κ1) is 18.6. The van der Waals surface area contributed by atoms with Gasteiger partial charge in [0.2, 0.25) is 10.0 Å². The zero-order chi connectivity index (χ0) is 16.8. The van der Waals surface area contributed by atoms with E-state index in [1.165, 1.54) is 7.11 Å². The number of sulfonamides is 1. The Morgan fingerprint density at radius 2 is 1.86 bits per heavy atom. The summed E-state index contributed by atoms with van der Waals surface area (Å²) in [6.07, 6.45) is -0.0716. The Bertz CT molecular complexity index is 571. The molecule has 1 unspecified atom stereocenters. The predicted molar refractivity (Wildman–Crippen MR) is 84.2 cm³/mol. The number of hydrogen-bond donors (Lipinski definition) is 1.